The summed E-state index contributed by atoms with van der Waals surface area (Å²) < 4.78 is 25.0. The molecule has 2 saturated heterocycles. The van der Waals surface area contributed by atoms with Crippen molar-refractivity contribution in [1.29, 1.82) is 0 Å². The zero-order valence-corrected chi connectivity index (χ0v) is 12.2. The molecule has 1 amide bonds. The van der Waals surface area contributed by atoms with Crippen molar-refractivity contribution in [2.24, 2.45) is 0 Å². The molecule has 2 aliphatic rings. The van der Waals surface area contributed by atoms with Gasteiger partial charge in [0.25, 0.3) is 0 Å². The van der Waals surface area contributed by atoms with Gasteiger partial charge in [-0.25, -0.2) is 12.7 Å². The predicted octanol–water partition coefficient (Wildman–Crippen LogP) is -0.331. The summed E-state index contributed by atoms with van der Waals surface area (Å²) in [4.78, 5) is 11.9. The van der Waals surface area contributed by atoms with Gasteiger partial charge in [0.05, 0.1) is 11.8 Å². The third-order valence-corrected chi connectivity index (χ3v) is 5.82. The first-order chi connectivity index (χ1) is 9.03. The largest absolute Gasteiger partial charge is 0.352 e. The molecule has 2 aliphatic heterocycles. The summed E-state index contributed by atoms with van der Waals surface area (Å²) in [6.45, 7) is 3.60. The molecule has 2 rings (SSSR count). The molecule has 19 heavy (non-hydrogen) atoms. The van der Waals surface area contributed by atoms with Gasteiger partial charge in [0, 0.05) is 19.1 Å². The minimum atomic E-state index is -3.08. The van der Waals surface area contributed by atoms with E-state index in [1.54, 1.807) is 6.92 Å². The van der Waals surface area contributed by atoms with Crippen molar-refractivity contribution in [3.63, 3.8) is 0 Å². The molecule has 1 unspecified atom stereocenters. The molecule has 0 aromatic rings. The SMILES string of the molecule is CCS(=O)(=O)N1CCC(NC(=O)C2CCCN2)CC1. The van der Waals surface area contributed by atoms with E-state index < -0.39 is 10.0 Å². The second-order valence-corrected chi connectivity index (χ2v) is 7.49. The topological polar surface area (TPSA) is 78.5 Å². The molecule has 110 valence electrons. The van der Waals surface area contributed by atoms with Crippen molar-refractivity contribution in [2.45, 2.75) is 44.7 Å². The Balaban J connectivity index is 1.78. The fourth-order valence-electron chi connectivity index (χ4n) is 2.67. The highest BCUT2D eigenvalue weighted by Gasteiger charge is 2.29. The van der Waals surface area contributed by atoms with E-state index in [0.29, 0.717) is 25.9 Å². The van der Waals surface area contributed by atoms with Crippen LogP contribution in [-0.2, 0) is 14.8 Å². The number of hydrogen-bond donors (Lipinski definition) is 2. The van der Waals surface area contributed by atoms with Gasteiger partial charge in [-0.1, -0.05) is 0 Å². The van der Waals surface area contributed by atoms with Gasteiger partial charge in [0.2, 0.25) is 15.9 Å². The number of rotatable bonds is 4. The standard InChI is InChI=1S/C12H23N3O3S/c1-2-19(17,18)15-8-5-10(6-9-15)14-12(16)11-4-3-7-13-11/h10-11,13H,2-9H2,1H3,(H,14,16). The molecule has 1 atom stereocenters. The van der Waals surface area contributed by atoms with Crippen LogP contribution in [0.15, 0.2) is 0 Å². The van der Waals surface area contributed by atoms with E-state index in [9.17, 15) is 13.2 Å². The van der Waals surface area contributed by atoms with E-state index in [0.717, 1.165) is 19.4 Å². The van der Waals surface area contributed by atoms with Gasteiger partial charge >= 0.3 is 0 Å². The summed E-state index contributed by atoms with van der Waals surface area (Å²) in [6.07, 6.45) is 3.36. The van der Waals surface area contributed by atoms with Crippen LogP contribution >= 0.6 is 0 Å². The number of nitrogens with zero attached hydrogens (tertiary/aromatic N) is 1. The lowest BCUT2D eigenvalue weighted by atomic mass is 10.1. The molecule has 7 heteroatoms. The average molecular weight is 289 g/mol. The van der Waals surface area contributed by atoms with Gasteiger partial charge in [-0.15, -0.1) is 0 Å². The lowest BCUT2D eigenvalue weighted by Gasteiger charge is -2.31. The predicted molar refractivity (Wildman–Crippen MR) is 73.2 cm³/mol. The van der Waals surface area contributed by atoms with Crippen molar-refractivity contribution in [3.8, 4) is 0 Å². The van der Waals surface area contributed by atoms with Crippen LogP contribution in [0.5, 0.6) is 0 Å². The maximum absolute atomic E-state index is 11.9. The Kier molecular flexibility index (Phi) is 4.81. The smallest absolute Gasteiger partial charge is 0.237 e. The summed E-state index contributed by atoms with van der Waals surface area (Å²) in [5.41, 5.74) is 0. The van der Waals surface area contributed by atoms with Crippen LogP contribution in [0, 0.1) is 0 Å². The first-order valence-corrected chi connectivity index (χ1v) is 8.65. The van der Waals surface area contributed by atoms with Gasteiger partial charge in [0.15, 0.2) is 0 Å². The molecule has 0 bridgehead atoms. The average Bonchev–Trinajstić information content (AvgIpc) is 2.93. The molecule has 2 fully saturated rings. The third-order valence-electron chi connectivity index (χ3n) is 3.94. The van der Waals surface area contributed by atoms with E-state index >= 15 is 0 Å². The van der Waals surface area contributed by atoms with Gasteiger partial charge < -0.3 is 10.6 Å². The number of piperidine rings is 1. The Hall–Kier alpha value is -0.660. The highest BCUT2D eigenvalue weighted by molar-refractivity contribution is 7.89. The highest BCUT2D eigenvalue weighted by atomic mass is 32.2. The Morgan fingerprint density at radius 1 is 1.32 bits per heavy atom. The summed E-state index contributed by atoms with van der Waals surface area (Å²) >= 11 is 0. The van der Waals surface area contributed by atoms with E-state index in [1.807, 2.05) is 0 Å². The van der Waals surface area contributed by atoms with E-state index in [-0.39, 0.29) is 23.7 Å². The van der Waals surface area contributed by atoms with Gasteiger partial charge in [-0.2, -0.15) is 0 Å². The molecule has 2 N–H and O–H groups in total. The van der Waals surface area contributed by atoms with Gasteiger partial charge in [-0.3, -0.25) is 4.79 Å². The van der Waals surface area contributed by atoms with E-state index in [4.69, 9.17) is 0 Å². The molecule has 0 aromatic heterocycles. The molecular weight excluding hydrogens is 266 g/mol. The van der Waals surface area contributed by atoms with Crippen molar-refractivity contribution >= 4 is 15.9 Å². The maximum atomic E-state index is 11.9. The Morgan fingerprint density at radius 3 is 2.53 bits per heavy atom. The Morgan fingerprint density at radius 2 is 2.00 bits per heavy atom. The van der Waals surface area contributed by atoms with E-state index in [1.165, 1.54) is 4.31 Å². The normalized spacial score (nSPS) is 26.5. The van der Waals surface area contributed by atoms with Crippen LogP contribution in [0.25, 0.3) is 0 Å². The van der Waals surface area contributed by atoms with Crippen LogP contribution in [0.2, 0.25) is 0 Å². The van der Waals surface area contributed by atoms with Gasteiger partial charge in [0.1, 0.15) is 0 Å². The summed E-state index contributed by atoms with van der Waals surface area (Å²) in [5, 5.41) is 6.20. The van der Waals surface area contributed by atoms with Crippen LogP contribution in [-0.4, -0.2) is 56.1 Å². The molecular formula is C12H23N3O3S. The Labute approximate surface area is 115 Å². The number of amides is 1. The summed E-state index contributed by atoms with van der Waals surface area (Å²) in [5.74, 6) is 0.213. The van der Waals surface area contributed by atoms with Crippen molar-refractivity contribution in [1.82, 2.24) is 14.9 Å². The zero-order chi connectivity index (χ0) is 13.9. The van der Waals surface area contributed by atoms with E-state index in [2.05, 4.69) is 10.6 Å². The zero-order valence-electron chi connectivity index (χ0n) is 11.4. The van der Waals surface area contributed by atoms with Crippen molar-refractivity contribution < 1.29 is 13.2 Å². The molecule has 0 aliphatic carbocycles. The van der Waals surface area contributed by atoms with Crippen molar-refractivity contribution in [3.05, 3.63) is 0 Å². The fourth-order valence-corrected chi connectivity index (χ4v) is 3.80. The lowest BCUT2D eigenvalue weighted by molar-refractivity contribution is -0.123. The second-order valence-electron chi connectivity index (χ2n) is 5.23. The summed E-state index contributed by atoms with van der Waals surface area (Å²) in [6, 6.07) is 0.0515. The Bertz CT molecular complexity index is 410. The second kappa shape index (κ2) is 6.19. The van der Waals surface area contributed by atoms with Crippen molar-refractivity contribution in [2.75, 3.05) is 25.4 Å². The molecule has 0 aromatic carbocycles. The number of carbonyl (C=O) groups excluding carboxylic acids is 1. The number of carbonyl (C=O) groups is 1. The molecule has 6 nitrogen and oxygen atoms in total. The monoisotopic (exact) mass is 289 g/mol. The maximum Gasteiger partial charge on any atom is 0.237 e. The lowest BCUT2D eigenvalue weighted by Crippen LogP contribution is -2.50. The minimum absolute atomic E-state index is 0.0580. The van der Waals surface area contributed by atoms with Crippen LogP contribution in [0.3, 0.4) is 0 Å². The third kappa shape index (κ3) is 3.67. The molecule has 0 radical (unpaired) electrons. The molecule has 2 heterocycles. The number of sulfonamides is 1. The summed E-state index contributed by atoms with van der Waals surface area (Å²) in [7, 11) is -3.08. The van der Waals surface area contributed by atoms with Crippen LogP contribution in [0.1, 0.15) is 32.6 Å². The first kappa shape index (κ1) is 14.7. The van der Waals surface area contributed by atoms with Crippen LogP contribution < -0.4 is 10.6 Å². The molecule has 0 saturated carbocycles. The van der Waals surface area contributed by atoms with Crippen LogP contribution in [0.4, 0.5) is 0 Å². The molecule has 0 spiro atoms. The number of nitrogens with one attached hydrogen (secondary N) is 2. The highest BCUT2D eigenvalue weighted by Crippen LogP contribution is 2.15. The first-order valence-electron chi connectivity index (χ1n) is 7.04. The van der Waals surface area contributed by atoms with Gasteiger partial charge in [-0.05, 0) is 39.2 Å². The fraction of sp³-hybridized carbons (Fsp3) is 0.917. The minimum Gasteiger partial charge on any atom is -0.352 e. The number of hydrogen-bond acceptors (Lipinski definition) is 4. The quantitative estimate of drug-likeness (QED) is 0.743.